The van der Waals surface area contributed by atoms with Gasteiger partial charge in [-0.3, -0.25) is 19.8 Å². The standard InChI is InChI=1S/C30H20Cl2N4O3S2/c1-19-7-9-20(10-8-19)17-27-29(37)34(22-5-3-2-4-6-22)30(40-27)35(23-12-14-24(15-13-23)36(38)39)33-28(41-30)25-16-11-21(31)18-26(25)32/h2-18H,1H3. The van der Waals surface area contributed by atoms with Crippen molar-refractivity contribution in [3.8, 4) is 0 Å². The summed E-state index contributed by atoms with van der Waals surface area (Å²) in [5.41, 5.74) is 3.87. The van der Waals surface area contributed by atoms with Crippen LogP contribution in [-0.2, 0) is 4.79 Å². The van der Waals surface area contributed by atoms with Gasteiger partial charge in [0, 0.05) is 28.4 Å². The number of rotatable bonds is 5. The topological polar surface area (TPSA) is 79.0 Å². The molecule has 1 atom stereocenters. The van der Waals surface area contributed by atoms with Gasteiger partial charge in [-0.15, -0.1) is 0 Å². The molecular weight excluding hydrogens is 599 g/mol. The summed E-state index contributed by atoms with van der Waals surface area (Å²) in [5, 5.41) is 19.5. The number of non-ortho nitro benzene ring substituents is 1. The van der Waals surface area contributed by atoms with Gasteiger partial charge in [-0.05, 0) is 72.8 Å². The van der Waals surface area contributed by atoms with E-state index in [-0.39, 0.29) is 11.6 Å². The number of aryl methyl sites for hydroxylation is 1. The zero-order valence-corrected chi connectivity index (χ0v) is 24.5. The van der Waals surface area contributed by atoms with Crippen LogP contribution in [0.4, 0.5) is 17.1 Å². The molecule has 1 unspecified atom stereocenters. The van der Waals surface area contributed by atoms with Crippen LogP contribution in [0, 0.1) is 17.0 Å². The molecule has 6 rings (SSSR count). The van der Waals surface area contributed by atoms with E-state index in [0.29, 0.717) is 36.9 Å². The van der Waals surface area contributed by atoms with E-state index in [2.05, 4.69) is 0 Å². The van der Waals surface area contributed by atoms with Gasteiger partial charge < -0.3 is 0 Å². The number of halogens is 2. The Hall–Kier alpha value is -3.76. The summed E-state index contributed by atoms with van der Waals surface area (Å²) in [6.07, 6.45) is 1.87. The lowest BCUT2D eigenvalue weighted by Crippen LogP contribution is -2.51. The normalized spacial score (nSPS) is 19.3. The smallest absolute Gasteiger partial charge is 0.268 e. The Morgan fingerprint density at radius 1 is 0.902 bits per heavy atom. The lowest BCUT2D eigenvalue weighted by molar-refractivity contribution is -0.384. The summed E-state index contributed by atoms with van der Waals surface area (Å²) in [7, 11) is 0. The number of nitro benzene ring substituents is 1. The minimum atomic E-state index is -1.14. The Bertz CT molecular complexity index is 1730. The summed E-state index contributed by atoms with van der Waals surface area (Å²) < 4.78 is -1.14. The largest absolute Gasteiger partial charge is 0.269 e. The van der Waals surface area contributed by atoms with Crippen molar-refractivity contribution in [2.45, 2.75) is 11.3 Å². The highest BCUT2D eigenvalue weighted by molar-refractivity contribution is 8.28. The van der Waals surface area contributed by atoms with Gasteiger partial charge in [0.25, 0.3) is 11.6 Å². The molecule has 2 heterocycles. The Morgan fingerprint density at radius 2 is 1.61 bits per heavy atom. The van der Waals surface area contributed by atoms with Crippen LogP contribution in [-0.4, -0.2) is 20.2 Å². The third-order valence-corrected chi connectivity index (χ3v) is 9.78. The van der Waals surface area contributed by atoms with Gasteiger partial charge in [-0.25, -0.2) is 5.01 Å². The zero-order chi connectivity index (χ0) is 28.7. The number of hydrazone groups is 1. The molecule has 41 heavy (non-hydrogen) atoms. The number of hydrogen-bond donors (Lipinski definition) is 0. The number of nitro groups is 1. The van der Waals surface area contributed by atoms with Crippen LogP contribution in [0.25, 0.3) is 6.08 Å². The average molecular weight is 620 g/mol. The SMILES string of the molecule is Cc1ccc(C=C2SC3(SC(c4ccc(Cl)cc4Cl)=NN3c3ccc([N+](=O)[O-])cc3)N(c3ccccc3)C2=O)cc1. The Balaban J connectivity index is 1.54. The monoisotopic (exact) mass is 618 g/mol. The Kier molecular flexibility index (Phi) is 7.29. The summed E-state index contributed by atoms with van der Waals surface area (Å²) >= 11 is 15.5. The first-order valence-corrected chi connectivity index (χ1v) is 14.8. The van der Waals surface area contributed by atoms with Gasteiger partial charge in [0.2, 0.25) is 4.33 Å². The van der Waals surface area contributed by atoms with Gasteiger partial charge in [0.15, 0.2) is 0 Å². The van der Waals surface area contributed by atoms with E-state index >= 15 is 0 Å². The molecule has 0 aromatic heterocycles. The number of carbonyl (C=O) groups excluding carboxylic acids is 1. The lowest BCUT2D eigenvalue weighted by atomic mass is 10.1. The second-order valence-electron chi connectivity index (χ2n) is 9.26. The van der Waals surface area contributed by atoms with Gasteiger partial charge in [0.1, 0.15) is 5.04 Å². The van der Waals surface area contributed by atoms with E-state index in [9.17, 15) is 14.9 Å². The third kappa shape index (κ3) is 5.10. The molecule has 11 heteroatoms. The molecule has 0 bridgehead atoms. The van der Waals surface area contributed by atoms with Crippen LogP contribution in [0.3, 0.4) is 0 Å². The number of para-hydroxylation sites is 1. The van der Waals surface area contributed by atoms with Crippen LogP contribution >= 0.6 is 46.7 Å². The molecule has 1 spiro atoms. The van der Waals surface area contributed by atoms with Crippen molar-refractivity contribution < 1.29 is 9.72 Å². The van der Waals surface area contributed by atoms with E-state index in [1.807, 2.05) is 67.6 Å². The molecular formula is C30H20Cl2N4O3S2. The molecule has 0 aliphatic carbocycles. The van der Waals surface area contributed by atoms with E-state index < -0.39 is 9.25 Å². The molecule has 204 valence electrons. The number of thioether (sulfide) groups is 2. The Labute approximate surface area is 254 Å². The van der Waals surface area contributed by atoms with Crippen molar-refractivity contribution in [3.05, 3.63) is 139 Å². The van der Waals surface area contributed by atoms with E-state index in [0.717, 1.165) is 11.1 Å². The second kappa shape index (κ2) is 10.9. The summed E-state index contributed by atoms with van der Waals surface area (Å²) in [6.45, 7) is 2.01. The number of nitrogens with zero attached hydrogens (tertiary/aromatic N) is 4. The predicted octanol–water partition coefficient (Wildman–Crippen LogP) is 8.56. The Morgan fingerprint density at radius 3 is 2.27 bits per heavy atom. The van der Waals surface area contributed by atoms with Gasteiger partial charge >= 0.3 is 0 Å². The molecule has 1 amide bonds. The quantitative estimate of drug-likeness (QED) is 0.127. The zero-order valence-electron chi connectivity index (χ0n) is 21.4. The molecule has 1 saturated heterocycles. The fourth-order valence-corrected chi connectivity index (χ4v) is 8.06. The first kappa shape index (κ1) is 27.4. The van der Waals surface area contributed by atoms with Crippen LogP contribution in [0.15, 0.2) is 107 Å². The van der Waals surface area contributed by atoms with Crippen LogP contribution in [0.1, 0.15) is 16.7 Å². The summed E-state index contributed by atoms with van der Waals surface area (Å²) in [4.78, 5) is 27.4. The number of anilines is 2. The van der Waals surface area contributed by atoms with E-state index in [1.54, 1.807) is 40.2 Å². The van der Waals surface area contributed by atoms with Crippen molar-refractivity contribution >= 4 is 80.8 Å². The van der Waals surface area contributed by atoms with Crippen molar-refractivity contribution in [1.29, 1.82) is 0 Å². The van der Waals surface area contributed by atoms with E-state index in [1.165, 1.54) is 35.7 Å². The van der Waals surface area contributed by atoms with Crippen LogP contribution < -0.4 is 9.91 Å². The second-order valence-corrected chi connectivity index (χ2v) is 12.7. The first-order chi connectivity index (χ1) is 19.7. The number of hydrogen-bond acceptors (Lipinski definition) is 7. The molecule has 1 fully saturated rings. The molecule has 2 aliphatic heterocycles. The van der Waals surface area contributed by atoms with Crippen LogP contribution in [0.5, 0.6) is 0 Å². The highest BCUT2D eigenvalue weighted by Gasteiger charge is 2.59. The minimum Gasteiger partial charge on any atom is -0.268 e. The number of carbonyl (C=O) groups is 1. The number of benzene rings is 4. The minimum absolute atomic E-state index is 0.0466. The van der Waals surface area contributed by atoms with Crippen molar-refractivity contribution in [1.82, 2.24) is 0 Å². The summed E-state index contributed by atoms with van der Waals surface area (Å²) in [6, 6.07) is 28.6. The average Bonchev–Trinajstić information content (AvgIpc) is 3.46. The molecule has 4 aromatic carbocycles. The molecule has 7 nitrogen and oxygen atoms in total. The molecule has 2 aliphatic rings. The molecule has 0 N–H and O–H groups in total. The first-order valence-electron chi connectivity index (χ1n) is 12.4. The fraction of sp³-hybridized carbons (Fsp3) is 0.0667. The van der Waals surface area contributed by atoms with Gasteiger partial charge in [-0.1, -0.05) is 83.0 Å². The molecule has 0 radical (unpaired) electrons. The highest BCUT2D eigenvalue weighted by atomic mass is 35.5. The fourth-order valence-electron chi connectivity index (χ4n) is 4.49. The van der Waals surface area contributed by atoms with Crippen molar-refractivity contribution in [3.63, 3.8) is 0 Å². The maximum Gasteiger partial charge on any atom is 0.269 e. The van der Waals surface area contributed by atoms with Crippen LogP contribution in [0.2, 0.25) is 10.0 Å². The number of amides is 1. The molecule has 0 saturated carbocycles. The van der Waals surface area contributed by atoms with Gasteiger partial charge in [0.05, 0.1) is 20.5 Å². The van der Waals surface area contributed by atoms with Crippen molar-refractivity contribution in [2.24, 2.45) is 5.10 Å². The lowest BCUT2D eigenvalue weighted by Gasteiger charge is -2.38. The maximum absolute atomic E-state index is 14.2. The van der Waals surface area contributed by atoms with Crippen molar-refractivity contribution in [2.75, 3.05) is 9.91 Å². The van der Waals surface area contributed by atoms with E-state index in [4.69, 9.17) is 28.3 Å². The predicted molar refractivity (Wildman–Crippen MR) is 170 cm³/mol. The third-order valence-electron chi connectivity index (χ3n) is 6.48. The van der Waals surface area contributed by atoms with Gasteiger partial charge in [-0.2, -0.15) is 5.10 Å². The highest BCUT2D eigenvalue weighted by Crippen LogP contribution is 2.60. The molecule has 4 aromatic rings. The maximum atomic E-state index is 14.2. The summed E-state index contributed by atoms with van der Waals surface area (Å²) in [5.74, 6) is -0.195.